The summed E-state index contributed by atoms with van der Waals surface area (Å²) in [5.41, 5.74) is 2.66. The summed E-state index contributed by atoms with van der Waals surface area (Å²) >= 11 is 6.45. The fourth-order valence-corrected chi connectivity index (χ4v) is 4.34. The van der Waals surface area contributed by atoms with E-state index in [1.165, 1.54) is 0 Å². The first-order valence-corrected chi connectivity index (χ1v) is 10.6. The Bertz CT molecular complexity index is 890. The largest absolute Gasteiger partial charge is 0.490 e. The van der Waals surface area contributed by atoms with Crippen molar-refractivity contribution in [1.29, 1.82) is 0 Å². The van der Waals surface area contributed by atoms with Gasteiger partial charge in [0.1, 0.15) is 17.4 Å². The summed E-state index contributed by atoms with van der Waals surface area (Å²) in [5.74, 6) is 0.862. The fourth-order valence-electron chi connectivity index (χ4n) is 4.06. The highest BCUT2D eigenvalue weighted by Gasteiger charge is 2.27. The Balaban J connectivity index is 1.64. The Morgan fingerprint density at radius 1 is 1.18 bits per heavy atom. The first-order chi connectivity index (χ1) is 13.7. The predicted molar refractivity (Wildman–Crippen MR) is 113 cm³/mol. The minimum atomic E-state index is -0.130. The first-order valence-electron chi connectivity index (χ1n) is 10.2. The number of anilines is 1. The Morgan fingerprint density at radius 3 is 2.79 bits per heavy atom. The molecule has 150 valence electrons. The van der Waals surface area contributed by atoms with E-state index in [0.717, 1.165) is 68.0 Å². The number of nitrogens with zero attached hydrogens (tertiary/aromatic N) is 2. The van der Waals surface area contributed by atoms with Crippen molar-refractivity contribution in [2.24, 2.45) is 0 Å². The summed E-state index contributed by atoms with van der Waals surface area (Å²) in [6.07, 6.45) is 5.93. The van der Waals surface area contributed by atoms with E-state index >= 15 is 0 Å². The molecule has 0 radical (unpaired) electrons. The lowest BCUT2D eigenvalue weighted by Crippen LogP contribution is -2.44. The molecular weight excluding hydrogens is 376 g/mol. The van der Waals surface area contributed by atoms with Gasteiger partial charge in [0.15, 0.2) is 0 Å². The van der Waals surface area contributed by atoms with Gasteiger partial charge in [-0.25, -0.2) is 0 Å². The van der Waals surface area contributed by atoms with E-state index in [1.807, 2.05) is 24.4 Å². The number of benzene rings is 1. The second-order valence-electron chi connectivity index (χ2n) is 7.46. The van der Waals surface area contributed by atoms with Crippen LogP contribution >= 0.6 is 11.6 Å². The number of aryl methyl sites for hydroxylation is 1. The highest BCUT2D eigenvalue weighted by Crippen LogP contribution is 2.38. The van der Waals surface area contributed by atoms with Crippen LogP contribution in [-0.2, 0) is 11.3 Å². The van der Waals surface area contributed by atoms with E-state index < -0.39 is 0 Å². The maximum Gasteiger partial charge on any atom is 0.269 e. The molecule has 2 aliphatic rings. The molecule has 6 heteroatoms. The molecule has 5 nitrogen and oxygen atoms in total. The number of aromatic nitrogens is 1. The van der Waals surface area contributed by atoms with Gasteiger partial charge in [0.25, 0.3) is 5.56 Å². The zero-order chi connectivity index (χ0) is 19.5. The van der Waals surface area contributed by atoms with Crippen LogP contribution in [0.15, 0.2) is 35.3 Å². The fraction of sp³-hybridized carbons (Fsp3) is 0.500. The highest BCUT2D eigenvalue weighted by atomic mass is 35.5. The van der Waals surface area contributed by atoms with E-state index in [9.17, 15) is 4.79 Å². The molecule has 0 spiro atoms. The smallest absolute Gasteiger partial charge is 0.269 e. The monoisotopic (exact) mass is 402 g/mol. The van der Waals surface area contributed by atoms with Crippen molar-refractivity contribution in [3.05, 3.63) is 45.8 Å². The van der Waals surface area contributed by atoms with Gasteiger partial charge in [-0.1, -0.05) is 31.0 Å². The van der Waals surface area contributed by atoms with Gasteiger partial charge in [0.05, 0.1) is 12.2 Å². The molecule has 2 aliphatic heterocycles. The Labute approximate surface area is 170 Å². The summed E-state index contributed by atoms with van der Waals surface area (Å²) in [4.78, 5) is 15.0. The number of pyridine rings is 1. The summed E-state index contributed by atoms with van der Waals surface area (Å²) < 4.78 is 13.2. The zero-order valence-corrected chi connectivity index (χ0v) is 17.1. The lowest BCUT2D eigenvalue weighted by molar-refractivity contribution is 0.0828. The van der Waals surface area contributed by atoms with E-state index in [4.69, 9.17) is 21.1 Å². The summed E-state index contributed by atoms with van der Waals surface area (Å²) in [6.45, 7) is 6.00. The molecule has 1 aromatic carbocycles. The number of rotatable bonds is 5. The van der Waals surface area contributed by atoms with Gasteiger partial charge in [-0.05, 0) is 43.0 Å². The lowest BCUT2D eigenvalue weighted by Gasteiger charge is -2.39. The molecule has 3 heterocycles. The summed E-state index contributed by atoms with van der Waals surface area (Å²) in [6, 6.07) is 8.57. The third-order valence-electron chi connectivity index (χ3n) is 5.66. The van der Waals surface area contributed by atoms with Crippen molar-refractivity contribution in [3.63, 3.8) is 0 Å². The Hall–Kier alpha value is -1.98. The maximum absolute atomic E-state index is 12.6. The Morgan fingerprint density at radius 2 is 2.00 bits per heavy atom. The number of hydrogen-bond donors (Lipinski definition) is 0. The average molecular weight is 403 g/mol. The molecule has 2 aromatic rings. The second-order valence-corrected chi connectivity index (χ2v) is 7.84. The van der Waals surface area contributed by atoms with Crippen LogP contribution in [0.1, 0.15) is 32.6 Å². The van der Waals surface area contributed by atoms with Crippen molar-refractivity contribution in [2.75, 3.05) is 31.3 Å². The quantitative estimate of drug-likeness (QED) is 0.745. The van der Waals surface area contributed by atoms with Crippen LogP contribution in [-0.4, -0.2) is 37.0 Å². The molecular formula is C22H27ClN2O3. The minimum Gasteiger partial charge on any atom is -0.490 e. The molecule has 1 aromatic heterocycles. The number of unbranched alkanes of at least 4 members (excludes halogenated alkanes) is 1. The first kappa shape index (κ1) is 19.3. The lowest BCUT2D eigenvalue weighted by atomic mass is 10.0. The zero-order valence-electron chi connectivity index (χ0n) is 16.3. The standard InChI is InChI=1S/C22H27ClN2O3/c1-2-3-9-24-10-6-18(21(23)22(24)26)16-4-5-19-20(15-16)28-14-11-25(19)17-7-12-27-13-8-17/h4-6,10,15,17H,2-3,7-9,11-14H2,1H3. The molecule has 0 saturated carbocycles. The van der Waals surface area contributed by atoms with Crippen LogP contribution in [0, 0.1) is 0 Å². The van der Waals surface area contributed by atoms with Crippen molar-refractivity contribution >= 4 is 17.3 Å². The molecule has 1 saturated heterocycles. The van der Waals surface area contributed by atoms with Gasteiger partial charge < -0.3 is 18.9 Å². The molecule has 0 amide bonds. The number of halogens is 1. The van der Waals surface area contributed by atoms with Gasteiger partial charge in [-0.15, -0.1) is 0 Å². The maximum atomic E-state index is 12.6. The van der Waals surface area contributed by atoms with Crippen molar-refractivity contribution in [2.45, 2.75) is 45.2 Å². The van der Waals surface area contributed by atoms with Crippen molar-refractivity contribution in [3.8, 4) is 16.9 Å². The molecule has 0 aliphatic carbocycles. The highest BCUT2D eigenvalue weighted by molar-refractivity contribution is 6.33. The van der Waals surface area contributed by atoms with Gasteiger partial charge in [-0.3, -0.25) is 4.79 Å². The van der Waals surface area contributed by atoms with Crippen molar-refractivity contribution < 1.29 is 9.47 Å². The van der Waals surface area contributed by atoms with E-state index in [1.54, 1.807) is 4.57 Å². The molecule has 4 rings (SSSR count). The predicted octanol–water partition coefficient (Wildman–Crippen LogP) is 4.35. The van der Waals surface area contributed by atoms with Crippen LogP contribution in [0.5, 0.6) is 5.75 Å². The Kier molecular flexibility index (Phi) is 5.93. The van der Waals surface area contributed by atoms with Crippen LogP contribution in [0.3, 0.4) is 0 Å². The SMILES string of the molecule is CCCCn1ccc(-c2ccc3c(c2)OCCN3C2CCOCC2)c(Cl)c1=O. The molecule has 0 unspecified atom stereocenters. The number of hydrogen-bond acceptors (Lipinski definition) is 4. The third kappa shape index (κ3) is 3.78. The number of fused-ring (bicyclic) bond motifs is 1. The normalized spacial score (nSPS) is 17.3. The molecule has 0 N–H and O–H groups in total. The van der Waals surface area contributed by atoms with Gasteiger partial charge in [0.2, 0.25) is 0 Å². The molecule has 28 heavy (non-hydrogen) atoms. The minimum absolute atomic E-state index is 0.130. The summed E-state index contributed by atoms with van der Waals surface area (Å²) in [5, 5.41) is 0.274. The number of ether oxygens (including phenoxy) is 2. The van der Waals surface area contributed by atoms with Gasteiger partial charge in [-0.2, -0.15) is 0 Å². The summed E-state index contributed by atoms with van der Waals surface area (Å²) in [7, 11) is 0. The molecule has 0 atom stereocenters. The van der Waals surface area contributed by atoms with Crippen LogP contribution < -0.4 is 15.2 Å². The van der Waals surface area contributed by atoms with Crippen LogP contribution in [0.4, 0.5) is 5.69 Å². The van der Waals surface area contributed by atoms with Gasteiger partial charge in [0, 0.05) is 37.6 Å². The average Bonchev–Trinajstić information content (AvgIpc) is 2.74. The van der Waals surface area contributed by atoms with E-state index in [2.05, 4.69) is 17.9 Å². The topological polar surface area (TPSA) is 43.7 Å². The van der Waals surface area contributed by atoms with E-state index in [-0.39, 0.29) is 10.6 Å². The third-order valence-corrected chi connectivity index (χ3v) is 6.03. The van der Waals surface area contributed by atoms with Crippen LogP contribution in [0.25, 0.3) is 11.1 Å². The van der Waals surface area contributed by atoms with Crippen molar-refractivity contribution in [1.82, 2.24) is 4.57 Å². The molecule has 0 bridgehead atoms. The van der Waals surface area contributed by atoms with E-state index in [0.29, 0.717) is 19.2 Å². The van der Waals surface area contributed by atoms with Crippen LogP contribution in [0.2, 0.25) is 5.02 Å². The second kappa shape index (κ2) is 8.58. The van der Waals surface area contributed by atoms with Gasteiger partial charge >= 0.3 is 0 Å². The molecule has 1 fully saturated rings.